The van der Waals surface area contributed by atoms with E-state index in [1.54, 1.807) is 6.92 Å². The first-order valence-corrected chi connectivity index (χ1v) is 15.2. The molecule has 1 aliphatic heterocycles. The number of hydrogen-bond acceptors (Lipinski definition) is 10. The Bertz CT molecular complexity index is 1370. The third kappa shape index (κ3) is 11.4. The molecule has 4 amide bonds. The second-order valence-electron chi connectivity index (χ2n) is 12.4. The molecule has 14 heteroatoms. The Morgan fingerprint density at radius 2 is 1.52 bits per heavy atom. The van der Waals surface area contributed by atoms with Crippen LogP contribution in [0.5, 0.6) is 5.95 Å². The fraction of sp³-hybridized carbons (Fsp3) is 0.531. The highest BCUT2D eigenvalue weighted by Crippen LogP contribution is 2.29. The van der Waals surface area contributed by atoms with Gasteiger partial charge in [-0.15, -0.1) is 0 Å². The van der Waals surface area contributed by atoms with Crippen LogP contribution in [-0.2, 0) is 46.3 Å². The fourth-order valence-electron chi connectivity index (χ4n) is 4.76. The molecule has 4 unspecified atom stereocenters. The van der Waals surface area contributed by atoms with Gasteiger partial charge in [0.05, 0.1) is 31.3 Å². The zero-order valence-electron chi connectivity index (χ0n) is 26.8. The summed E-state index contributed by atoms with van der Waals surface area (Å²) in [4.78, 5) is 75.9. The summed E-state index contributed by atoms with van der Waals surface area (Å²) in [6, 6.07) is 7.53. The van der Waals surface area contributed by atoms with Gasteiger partial charge < -0.3 is 35.3 Å². The third-order valence-electron chi connectivity index (χ3n) is 7.20. The first-order chi connectivity index (χ1) is 21.8. The van der Waals surface area contributed by atoms with Gasteiger partial charge in [-0.05, 0) is 37.2 Å². The van der Waals surface area contributed by atoms with Crippen LogP contribution in [0.3, 0.4) is 0 Å². The van der Waals surface area contributed by atoms with E-state index in [-0.39, 0.29) is 61.6 Å². The smallest absolute Gasteiger partial charge is 0.318 e. The number of benzene rings is 1. The number of ether oxygens (including phenoxy) is 2. The molecule has 1 saturated heterocycles. The molecule has 4 atom stereocenters. The lowest BCUT2D eigenvalue weighted by molar-refractivity contribution is -0.134. The maximum atomic E-state index is 13.7. The Kier molecular flexibility index (Phi) is 13.0. The summed E-state index contributed by atoms with van der Waals surface area (Å²) in [6.45, 7) is 9.36. The van der Waals surface area contributed by atoms with Crippen molar-refractivity contribution in [2.24, 2.45) is 11.8 Å². The lowest BCUT2D eigenvalue weighted by Crippen LogP contribution is -2.58. The van der Waals surface area contributed by atoms with Crippen LogP contribution < -0.4 is 26.0 Å². The normalized spacial score (nSPS) is 17.4. The molecule has 14 nitrogen and oxygen atoms in total. The molecule has 46 heavy (non-hydrogen) atoms. The summed E-state index contributed by atoms with van der Waals surface area (Å²) < 4.78 is 14.6. The number of ketones is 1. The van der Waals surface area contributed by atoms with Crippen molar-refractivity contribution in [1.29, 1.82) is 0 Å². The van der Waals surface area contributed by atoms with E-state index in [1.807, 2.05) is 58.0 Å². The van der Waals surface area contributed by atoms with Gasteiger partial charge in [-0.3, -0.25) is 28.8 Å². The summed E-state index contributed by atoms with van der Waals surface area (Å²) >= 11 is 0. The van der Waals surface area contributed by atoms with Crippen molar-refractivity contribution in [2.75, 3.05) is 13.2 Å². The quantitative estimate of drug-likeness (QED) is 0.127. The van der Waals surface area contributed by atoms with Gasteiger partial charge in [-0.25, -0.2) is 0 Å². The SMILES string of the molecule is CC(C)CC(NC(=O)CNC(=O)Cc1cc(OC=O)on1)C(=O)NC(Cc1ccccc1)C(=O)NC(CC(C)C)C(=O)C1(C)CO1. The van der Waals surface area contributed by atoms with Crippen LogP contribution in [0.15, 0.2) is 40.9 Å². The molecule has 0 spiro atoms. The summed E-state index contributed by atoms with van der Waals surface area (Å²) in [7, 11) is 0. The van der Waals surface area contributed by atoms with E-state index >= 15 is 0 Å². The molecule has 0 aliphatic carbocycles. The third-order valence-corrected chi connectivity index (χ3v) is 7.20. The van der Waals surface area contributed by atoms with Crippen LogP contribution in [0, 0.1) is 11.8 Å². The van der Waals surface area contributed by atoms with Gasteiger partial charge in [0.15, 0.2) is 5.78 Å². The van der Waals surface area contributed by atoms with Crippen molar-refractivity contribution in [2.45, 2.75) is 84.0 Å². The van der Waals surface area contributed by atoms with Crippen LogP contribution >= 0.6 is 0 Å². The van der Waals surface area contributed by atoms with E-state index in [2.05, 4.69) is 31.2 Å². The molecule has 250 valence electrons. The maximum absolute atomic E-state index is 13.7. The second kappa shape index (κ2) is 16.6. The minimum Gasteiger partial charge on any atom is -0.393 e. The Hall–Kier alpha value is -4.59. The van der Waals surface area contributed by atoms with E-state index in [4.69, 9.17) is 9.26 Å². The van der Waals surface area contributed by atoms with Gasteiger partial charge in [-0.1, -0.05) is 63.2 Å². The standard InChI is InChI=1S/C32H43N5O9/c1-19(2)11-23(29(41)32(5)17-45-32)35-31(43)25(13-21-9-7-6-8-10-21)36-30(42)24(12-20(3)4)34-27(40)16-33-26(39)14-22-15-28(44-18-38)46-37-22/h6-10,15,18-20,23-25H,11-14,16-17H2,1-5H3,(H,33,39)(H,34,40)(H,35,43)(H,36,42). The van der Waals surface area contributed by atoms with Gasteiger partial charge in [0.1, 0.15) is 17.7 Å². The molecule has 0 bridgehead atoms. The van der Waals surface area contributed by atoms with Gasteiger partial charge in [0.2, 0.25) is 23.6 Å². The molecule has 1 aromatic heterocycles. The Balaban J connectivity index is 1.68. The van der Waals surface area contributed by atoms with Gasteiger partial charge in [-0.2, -0.15) is 0 Å². The number of epoxide rings is 1. The zero-order valence-corrected chi connectivity index (χ0v) is 26.8. The van der Waals surface area contributed by atoms with Crippen LogP contribution in [-0.4, -0.2) is 77.9 Å². The summed E-state index contributed by atoms with van der Waals surface area (Å²) in [6.07, 6.45) is 0.566. The van der Waals surface area contributed by atoms with Crippen LogP contribution in [0.4, 0.5) is 0 Å². The molecular weight excluding hydrogens is 598 g/mol. The predicted molar refractivity (Wildman–Crippen MR) is 164 cm³/mol. The van der Waals surface area contributed by atoms with E-state index < -0.39 is 53.9 Å². The predicted octanol–water partition coefficient (Wildman–Crippen LogP) is 1.02. The van der Waals surface area contributed by atoms with E-state index in [0.29, 0.717) is 6.42 Å². The lowest BCUT2D eigenvalue weighted by atomic mass is 9.93. The minimum absolute atomic E-state index is 0.00526. The molecule has 2 aromatic rings. The molecule has 0 radical (unpaired) electrons. The number of hydrogen-bond donors (Lipinski definition) is 4. The van der Waals surface area contributed by atoms with Crippen molar-refractivity contribution in [1.82, 2.24) is 26.4 Å². The average molecular weight is 642 g/mol. The van der Waals surface area contributed by atoms with Gasteiger partial charge in [0, 0.05) is 12.5 Å². The van der Waals surface area contributed by atoms with Gasteiger partial charge in [0.25, 0.3) is 0 Å². The van der Waals surface area contributed by atoms with Gasteiger partial charge >= 0.3 is 12.4 Å². The largest absolute Gasteiger partial charge is 0.393 e. The highest BCUT2D eigenvalue weighted by Gasteiger charge is 2.50. The molecule has 4 N–H and O–H groups in total. The van der Waals surface area contributed by atoms with Crippen LogP contribution in [0.25, 0.3) is 0 Å². The van der Waals surface area contributed by atoms with Crippen LogP contribution in [0.2, 0.25) is 0 Å². The number of aromatic nitrogens is 1. The minimum atomic E-state index is -1.05. The number of carbonyl (C=O) groups is 6. The van der Waals surface area contributed by atoms with E-state index in [9.17, 15) is 28.8 Å². The van der Waals surface area contributed by atoms with Crippen molar-refractivity contribution in [3.8, 4) is 5.95 Å². The average Bonchev–Trinajstić information content (AvgIpc) is 3.60. The van der Waals surface area contributed by atoms with E-state index in [1.165, 1.54) is 6.07 Å². The highest BCUT2D eigenvalue weighted by molar-refractivity contribution is 5.98. The Morgan fingerprint density at radius 3 is 2.13 bits per heavy atom. The second-order valence-corrected chi connectivity index (χ2v) is 12.4. The highest BCUT2D eigenvalue weighted by atomic mass is 16.6. The molecular formula is C32H43N5O9. The Morgan fingerprint density at radius 1 is 0.913 bits per heavy atom. The van der Waals surface area contributed by atoms with Crippen molar-refractivity contribution >= 4 is 35.9 Å². The molecule has 1 aliphatic rings. The Labute approximate surface area is 267 Å². The molecule has 1 aromatic carbocycles. The number of amides is 4. The van der Waals surface area contributed by atoms with Crippen LogP contribution in [0.1, 0.15) is 58.7 Å². The molecule has 2 heterocycles. The van der Waals surface area contributed by atoms with Crippen molar-refractivity contribution in [3.63, 3.8) is 0 Å². The summed E-state index contributed by atoms with van der Waals surface area (Å²) in [5, 5.41) is 14.3. The first-order valence-electron chi connectivity index (χ1n) is 15.2. The lowest BCUT2D eigenvalue weighted by Gasteiger charge is -2.27. The molecule has 1 fully saturated rings. The number of Topliss-reactive ketones (excluding diaryl/α,β-unsaturated/α-hetero) is 1. The summed E-state index contributed by atoms with van der Waals surface area (Å²) in [5.74, 6) is -2.58. The van der Waals surface area contributed by atoms with E-state index in [0.717, 1.165) is 5.56 Å². The molecule has 0 saturated carbocycles. The number of nitrogens with one attached hydrogen (secondary N) is 4. The zero-order chi connectivity index (χ0) is 33.9. The molecule has 3 rings (SSSR count). The maximum Gasteiger partial charge on any atom is 0.318 e. The summed E-state index contributed by atoms with van der Waals surface area (Å²) in [5.41, 5.74) is 0.0393. The monoisotopic (exact) mass is 641 g/mol. The number of nitrogens with zero attached hydrogens (tertiary/aromatic N) is 1. The topological polar surface area (TPSA) is 198 Å². The number of rotatable bonds is 19. The van der Waals surface area contributed by atoms with Crippen molar-refractivity contribution < 1.29 is 42.8 Å². The fourth-order valence-corrected chi connectivity index (χ4v) is 4.76. The number of carbonyl (C=O) groups excluding carboxylic acids is 6. The first kappa shape index (κ1) is 35.9. The van der Waals surface area contributed by atoms with Crippen molar-refractivity contribution in [3.05, 3.63) is 47.7 Å².